The SMILES string of the molecule is [CH2+]CC(=O)OCCCC[CH2-]. The second-order valence-electron chi connectivity index (χ2n) is 2.03. The summed E-state index contributed by atoms with van der Waals surface area (Å²) in [4.78, 5) is 10.5. The predicted octanol–water partition coefficient (Wildman–Crippen LogP) is 1.76. The summed E-state index contributed by atoms with van der Waals surface area (Å²) in [7, 11) is 0. The summed E-state index contributed by atoms with van der Waals surface area (Å²) in [5, 5.41) is 0. The monoisotopic (exact) mass is 142 g/mol. The molecule has 0 rings (SSSR count). The lowest BCUT2D eigenvalue weighted by Crippen LogP contribution is -2.03. The zero-order valence-electron chi connectivity index (χ0n) is 6.27. The average Bonchev–Trinajstić information content (AvgIpc) is 1.98. The predicted molar refractivity (Wildman–Crippen MR) is 40.1 cm³/mol. The van der Waals surface area contributed by atoms with Crippen LogP contribution in [0.2, 0.25) is 0 Å². The van der Waals surface area contributed by atoms with Gasteiger partial charge in [-0.15, -0.1) is 0 Å². The van der Waals surface area contributed by atoms with Crippen LogP contribution in [0, 0.1) is 13.8 Å². The molecule has 0 fully saturated rings. The lowest BCUT2D eigenvalue weighted by Gasteiger charge is -2.00. The molecule has 2 nitrogen and oxygen atoms in total. The van der Waals surface area contributed by atoms with Gasteiger partial charge in [0.05, 0.1) is 13.5 Å². The van der Waals surface area contributed by atoms with Crippen molar-refractivity contribution in [3.63, 3.8) is 0 Å². The number of rotatable bonds is 5. The van der Waals surface area contributed by atoms with Crippen molar-refractivity contribution in [2.45, 2.75) is 25.7 Å². The molecule has 0 atom stereocenters. The fourth-order valence-electron chi connectivity index (χ4n) is 0.537. The Labute approximate surface area is 62.6 Å². The summed E-state index contributed by atoms with van der Waals surface area (Å²) >= 11 is 0. The van der Waals surface area contributed by atoms with Gasteiger partial charge in [-0.05, 0) is 6.42 Å². The van der Waals surface area contributed by atoms with Crippen molar-refractivity contribution in [1.82, 2.24) is 0 Å². The Kier molecular flexibility index (Phi) is 6.03. The highest BCUT2D eigenvalue weighted by molar-refractivity contribution is 5.69. The van der Waals surface area contributed by atoms with E-state index in [0.717, 1.165) is 19.3 Å². The van der Waals surface area contributed by atoms with E-state index in [0.29, 0.717) is 6.61 Å². The third kappa shape index (κ3) is 5.48. The van der Waals surface area contributed by atoms with Gasteiger partial charge in [0, 0.05) is 0 Å². The van der Waals surface area contributed by atoms with Crippen LogP contribution >= 0.6 is 0 Å². The van der Waals surface area contributed by atoms with Gasteiger partial charge in [0.25, 0.3) is 0 Å². The Hall–Kier alpha value is -0.660. The number of carbonyl (C=O) groups excluding carboxylic acids is 1. The van der Waals surface area contributed by atoms with E-state index in [1.807, 2.05) is 0 Å². The van der Waals surface area contributed by atoms with Crippen molar-refractivity contribution < 1.29 is 9.53 Å². The normalized spacial score (nSPS) is 9.30. The molecule has 58 valence electrons. The molecule has 0 aromatic heterocycles. The lowest BCUT2D eigenvalue weighted by atomic mass is 10.3. The van der Waals surface area contributed by atoms with Crippen LogP contribution in [0.3, 0.4) is 0 Å². The van der Waals surface area contributed by atoms with Gasteiger partial charge in [0.1, 0.15) is 0 Å². The summed E-state index contributed by atoms with van der Waals surface area (Å²) in [5.41, 5.74) is 0. The largest absolute Gasteiger partial charge is 0.463 e. The van der Waals surface area contributed by atoms with Gasteiger partial charge in [0.2, 0.25) is 0 Å². The zero-order valence-corrected chi connectivity index (χ0v) is 6.27. The fourth-order valence-corrected chi connectivity index (χ4v) is 0.537. The molecule has 0 aliphatic carbocycles. The number of esters is 1. The summed E-state index contributed by atoms with van der Waals surface area (Å²) in [6.45, 7) is 7.59. The van der Waals surface area contributed by atoms with Crippen LogP contribution in [0.5, 0.6) is 0 Å². The van der Waals surface area contributed by atoms with E-state index in [4.69, 9.17) is 4.74 Å². The fraction of sp³-hybridized carbons (Fsp3) is 0.625. The van der Waals surface area contributed by atoms with Gasteiger partial charge < -0.3 is 11.7 Å². The Morgan fingerprint density at radius 3 is 2.70 bits per heavy atom. The molecule has 2 heteroatoms. The Bertz CT molecular complexity index is 89.3. The van der Waals surface area contributed by atoms with Gasteiger partial charge >= 0.3 is 5.97 Å². The van der Waals surface area contributed by atoms with Crippen molar-refractivity contribution in [2.24, 2.45) is 0 Å². The lowest BCUT2D eigenvalue weighted by molar-refractivity contribution is -0.142. The van der Waals surface area contributed by atoms with Crippen LogP contribution in [-0.4, -0.2) is 12.6 Å². The van der Waals surface area contributed by atoms with E-state index < -0.39 is 0 Å². The first-order chi connectivity index (χ1) is 4.81. The summed E-state index contributed by atoms with van der Waals surface area (Å²) < 4.78 is 4.76. The third-order valence-electron chi connectivity index (χ3n) is 1.11. The molecule has 0 N–H and O–H groups in total. The number of carbonyl (C=O) groups is 1. The van der Waals surface area contributed by atoms with Crippen LogP contribution in [-0.2, 0) is 9.53 Å². The molecule has 10 heavy (non-hydrogen) atoms. The maximum Gasteiger partial charge on any atom is 0.351 e. The van der Waals surface area contributed by atoms with E-state index in [2.05, 4.69) is 13.8 Å². The van der Waals surface area contributed by atoms with Crippen molar-refractivity contribution in [3.05, 3.63) is 13.8 Å². The number of ether oxygens (including phenoxy) is 1. The Morgan fingerprint density at radius 1 is 1.50 bits per heavy atom. The molecule has 0 spiro atoms. The summed E-state index contributed by atoms with van der Waals surface area (Å²) in [6.07, 6.45) is 3.06. The van der Waals surface area contributed by atoms with Crippen molar-refractivity contribution in [3.8, 4) is 0 Å². The third-order valence-corrected chi connectivity index (χ3v) is 1.11. The van der Waals surface area contributed by atoms with E-state index in [9.17, 15) is 4.79 Å². The molecule has 0 bridgehead atoms. The molecular formula is C8H14O2. The molecule has 0 unspecified atom stereocenters. The number of hydrogen-bond donors (Lipinski definition) is 0. The molecule has 0 amide bonds. The second kappa shape index (κ2) is 6.46. The van der Waals surface area contributed by atoms with E-state index in [-0.39, 0.29) is 12.4 Å². The molecule has 0 heterocycles. The van der Waals surface area contributed by atoms with Crippen LogP contribution in [0.1, 0.15) is 25.7 Å². The van der Waals surface area contributed by atoms with E-state index >= 15 is 0 Å². The quantitative estimate of drug-likeness (QED) is 0.332. The van der Waals surface area contributed by atoms with Crippen molar-refractivity contribution >= 4 is 5.97 Å². The van der Waals surface area contributed by atoms with E-state index in [1.54, 1.807) is 0 Å². The molecule has 0 radical (unpaired) electrons. The minimum absolute atomic E-state index is 0.218. The zero-order chi connectivity index (χ0) is 7.82. The van der Waals surface area contributed by atoms with Gasteiger partial charge in [-0.2, -0.15) is 6.42 Å². The molecule has 0 saturated heterocycles. The van der Waals surface area contributed by atoms with Gasteiger partial charge in [-0.25, -0.2) is 4.79 Å². The highest BCUT2D eigenvalue weighted by atomic mass is 16.5. The maximum absolute atomic E-state index is 10.5. The standard InChI is InChI=1S/C8H14O2/c1-3-5-6-7-10-8(9)4-2/h1-7H2. The highest BCUT2D eigenvalue weighted by Gasteiger charge is 1.99. The highest BCUT2D eigenvalue weighted by Crippen LogP contribution is 1.94. The molecule has 0 saturated carbocycles. The second-order valence-corrected chi connectivity index (χ2v) is 2.03. The smallest absolute Gasteiger partial charge is 0.351 e. The van der Waals surface area contributed by atoms with Crippen LogP contribution in [0.25, 0.3) is 0 Å². The van der Waals surface area contributed by atoms with E-state index in [1.165, 1.54) is 0 Å². The first kappa shape index (κ1) is 9.34. The first-order valence-electron chi connectivity index (χ1n) is 3.55. The average molecular weight is 142 g/mol. The summed E-state index contributed by atoms with van der Waals surface area (Å²) in [6, 6.07) is 0. The van der Waals surface area contributed by atoms with Crippen LogP contribution in [0.15, 0.2) is 0 Å². The van der Waals surface area contributed by atoms with Gasteiger partial charge in [0.15, 0.2) is 6.42 Å². The maximum atomic E-state index is 10.5. The molecule has 0 aliphatic heterocycles. The van der Waals surface area contributed by atoms with Gasteiger partial charge in [-0.3, -0.25) is 0 Å². The summed E-state index contributed by atoms with van der Waals surface area (Å²) in [5.74, 6) is -0.218. The first-order valence-corrected chi connectivity index (χ1v) is 3.55. The Balaban J connectivity index is 2.96. The molecular weight excluding hydrogens is 128 g/mol. The molecule has 0 aromatic rings. The van der Waals surface area contributed by atoms with Crippen LogP contribution in [0.4, 0.5) is 0 Å². The van der Waals surface area contributed by atoms with Crippen LogP contribution < -0.4 is 0 Å². The Morgan fingerprint density at radius 2 is 2.20 bits per heavy atom. The van der Waals surface area contributed by atoms with Crippen molar-refractivity contribution in [1.29, 1.82) is 0 Å². The number of unbranched alkanes of at least 4 members (excludes halogenated alkanes) is 2. The van der Waals surface area contributed by atoms with Crippen molar-refractivity contribution in [2.75, 3.05) is 6.61 Å². The molecule has 0 aromatic carbocycles. The van der Waals surface area contributed by atoms with Gasteiger partial charge in [-0.1, -0.05) is 6.42 Å². The molecule has 0 aliphatic rings. The minimum Gasteiger partial charge on any atom is -0.463 e. The number of hydrogen-bond acceptors (Lipinski definition) is 2. The minimum atomic E-state index is -0.218. The topological polar surface area (TPSA) is 26.3 Å².